The molecule has 0 aliphatic rings. The topological polar surface area (TPSA) is 89.9 Å². The quantitative estimate of drug-likeness (QED) is 0.187. The minimum Gasteiger partial charge on any atom is -0.730 e. The fourth-order valence-corrected chi connectivity index (χ4v) is 0.122. The number of rotatable bonds is 2. The molecule has 6 nitrogen and oxygen atoms in total. The van der Waals surface area contributed by atoms with Gasteiger partial charge in [0.05, 0.1) is 5.29 Å². The van der Waals surface area contributed by atoms with Crippen molar-refractivity contribution in [1.82, 2.24) is 4.41 Å². The van der Waals surface area contributed by atoms with Gasteiger partial charge in [-0.15, -0.1) is 4.91 Å². The molecule has 0 bridgehead atoms. The maximum absolute atomic E-state index is 9.64. The van der Waals surface area contributed by atoms with Crippen molar-refractivity contribution in [3.63, 3.8) is 0 Å². The van der Waals surface area contributed by atoms with Crippen molar-refractivity contribution >= 4 is 10.3 Å². The number of nitroso groups, excluding NO2 is 1. The summed E-state index contributed by atoms with van der Waals surface area (Å²) in [5.74, 6) is 0. The maximum atomic E-state index is 9.64. The molecule has 0 fully saturated rings. The molecule has 0 aliphatic heterocycles. The summed E-state index contributed by atoms with van der Waals surface area (Å²) in [4.78, 5) is 9.25. The summed E-state index contributed by atoms with van der Waals surface area (Å²) < 4.78 is 28.7. The smallest absolute Gasteiger partial charge is 0.730 e. The van der Waals surface area contributed by atoms with Crippen LogP contribution in [0.5, 0.6) is 0 Å². The Kier molecular flexibility index (Phi) is 6.60. The Morgan fingerprint density at radius 2 is 1.89 bits per heavy atom. The Hall–Kier alpha value is 0.946. The minimum atomic E-state index is -4.65. The third-order valence-corrected chi connectivity index (χ3v) is 1.15. The Balaban J connectivity index is 0. The van der Waals surface area contributed by atoms with Gasteiger partial charge in [0.2, 0.25) is 10.3 Å². The zero-order valence-corrected chi connectivity index (χ0v) is 8.88. The Bertz CT molecular complexity index is 175. The first kappa shape index (κ1) is 12.6. The van der Waals surface area contributed by atoms with Crippen molar-refractivity contribution in [2.24, 2.45) is 5.29 Å². The van der Waals surface area contributed by atoms with Crippen molar-refractivity contribution in [1.29, 1.82) is 0 Å². The zero-order valence-electron chi connectivity index (χ0n) is 4.94. The fraction of sp³-hybridized carbons (Fsp3) is 1.00. The minimum absolute atomic E-state index is 0. The zero-order chi connectivity index (χ0) is 6.78. The van der Waals surface area contributed by atoms with E-state index < -0.39 is 10.3 Å². The molecule has 9 heavy (non-hydrogen) atoms. The molecule has 0 aliphatic carbocycles. The molecule has 48 valence electrons. The molecule has 0 saturated heterocycles. The Labute approximate surface area is 94.9 Å². The van der Waals surface area contributed by atoms with Gasteiger partial charge in [-0.25, -0.2) is 8.42 Å². The van der Waals surface area contributed by atoms with Crippen molar-refractivity contribution in [2.45, 2.75) is 0 Å². The molecule has 0 aromatic carbocycles. The van der Waals surface area contributed by atoms with Gasteiger partial charge in [0.15, 0.2) is 0 Å². The van der Waals surface area contributed by atoms with E-state index in [1.807, 2.05) is 5.29 Å². The van der Waals surface area contributed by atoms with Gasteiger partial charge in [0.25, 0.3) is 0 Å². The summed E-state index contributed by atoms with van der Waals surface area (Å²) in [7, 11) is -3.89. The summed E-state index contributed by atoms with van der Waals surface area (Å²) >= 11 is 0. The van der Waals surface area contributed by atoms with Crippen LogP contribution in [0.1, 0.15) is 0 Å². The molecule has 0 unspecified atom stereocenters. The van der Waals surface area contributed by atoms with Gasteiger partial charge < -0.3 is 4.55 Å². The van der Waals surface area contributed by atoms with Crippen LogP contribution in [-0.2, 0) is 10.3 Å². The number of hydrogen-bond donors (Lipinski definition) is 0. The van der Waals surface area contributed by atoms with E-state index in [2.05, 4.69) is 0 Å². The van der Waals surface area contributed by atoms with Crippen LogP contribution in [0, 0.1) is 4.91 Å². The van der Waals surface area contributed by atoms with Crippen LogP contribution in [0.15, 0.2) is 5.29 Å². The predicted octanol–water partition coefficient (Wildman–Crippen LogP) is -3.94. The summed E-state index contributed by atoms with van der Waals surface area (Å²) in [6.45, 7) is 0. The standard InChI is InChI=1S/CH4N2O4S.K/c1-3(2-4)8(5,6)7;/h1H3,(H,5,6,7);/q;+1/p-1. The van der Waals surface area contributed by atoms with Crippen LogP contribution in [0.3, 0.4) is 0 Å². The van der Waals surface area contributed by atoms with Crippen LogP contribution in [0.2, 0.25) is 0 Å². The SMILES string of the molecule is CN(N=O)S(=O)(=O)[O-].[K+]. The molecule has 0 spiro atoms. The van der Waals surface area contributed by atoms with Gasteiger partial charge in [-0.3, -0.25) is 0 Å². The third-order valence-electron chi connectivity index (χ3n) is 0.439. The molecule has 0 saturated carbocycles. The summed E-state index contributed by atoms with van der Waals surface area (Å²) in [6, 6.07) is 0. The molecule has 0 aromatic heterocycles. The summed E-state index contributed by atoms with van der Waals surface area (Å²) in [5, 5.41) is 1.84. The molecule has 0 aromatic rings. The Morgan fingerprint density at radius 1 is 1.56 bits per heavy atom. The average Bonchev–Trinajstić information content (AvgIpc) is 1.62. The van der Waals surface area contributed by atoms with Crippen LogP contribution in [0.25, 0.3) is 0 Å². The van der Waals surface area contributed by atoms with Crippen LogP contribution in [0.4, 0.5) is 0 Å². The van der Waals surface area contributed by atoms with Gasteiger partial charge in [-0.1, -0.05) is 0 Å². The van der Waals surface area contributed by atoms with E-state index in [4.69, 9.17) is 0 Å². The predicted molar refractivity (Wildman–Crippen MR) is 23.3 cm³/mol. The molecule has 0 rings (SSSR count). The maximum Gasteiger partial charge on any atom is 1.00 e. The van der Waals surface area contributed by atoms with E-state index in [1.54, 1.807) is 0 Å². The van der Waals surface area contributed by atoms with Crippen molar-refractivity contribution < 1.29 is 64.4 Å². The summed E-state index contributed by atoms with van der Waals surface area (Å²) in [6.07, 6.45) is 0. The van der Waals surface area contributed by atoms with E-state index in [0.29, 0.717) is 0 Å². The van der Waals surface area contributed by atoms with E-state index in [9.17, 15) is 17.9 Å². The first-order chi connectivity index (χ1) is 3.48. The van der Waals surface area contributed by atoms with Crippen LogP contribution < -0.4 is 51.4 Å². The van der Waals surface area contributed by atoms with Gasteiger partial charge in [0.1, 0.15) is 0 Å². The largest absolute Gasteiger partial charge is 1.00 e. The summed E-state index contributed by atoms with van der Waals surface area (Å²) in [5.41, 5.74) is 0. The first-order valence-corrected chi connectivity index (χ1v) is 2.88. The van der Waals surface area contributed by atoms with Crippen molar-refractivity contribution in [3.8, 4) is 0 Å². The van der Waals surface area contributed by atoms with E-state index >= 15 is 0 Å². The second-order valence-electron chi connectivity index (χ2n) is 0.974. The Morgan fingerprint density at radius 3 is 1.89 bits per heavy atom. The van der Waals surface area contributed by atoms with E-state index in [0.717, 1.165) is 7.05 Å². The van der Waals surface area contributed by atoms with Crippen LogP contribution in [-0.4, -0.2) is 24.4 Å². The second kappa shape index (κ2) is 4.71. The molecule has 0 radical (unpaired) electrons. The first-order valence-electron chi connectivity index (χ1n) is 1.51. The van der Waals surface area contributed by atoms with Crippen molar-refractivity contribution in [2.75, 3.05) is 7.05 Å². The fourth-order valence-electron chi connectivity index (χ4n) is 0.0408. The molecule has 0 amide bonds. The van der Waals surface area contributed by atoms with Gasteiger partial charge >= 0.3 is 51.4 Å². The van der Waals surface area contributed by atoms with Crippen molar-refractivity contribution in [3.05, 3.63) is 4.91 Å². The molecular weight excluding hydrogens is 175 g/mol. The molecule has 0 heterocycles. The number of hydrogen-bond acceptors (Lipinski definition) is 5. The normalized spacial score (nSPS) is 9.56. The molecular formula is CH3KN2O4S. The van der Waals surface area contributed by atoms with Gasteiger partial charge in [-0.05, 0) is 0 Å². The number of nitrogens with zero attached hydrogens (tertiary/aromatic N) is 2. The molecule has 0 N–H and O–H groups in total. The third kappa shape index (κ3) is 5.39. The van der Waals surface area contributed by atoms with E-state index in [-0.39, 0.29) is 55.8 Å². The van der Waals surface area contributed by atoms with E-state index in [1.165, 1.54) is 0 Å². The monoisotopic (exact) mass is 178 g/mol. The average molecular weight is 178 g/mol. The van der Waals surface area contributed by atoms with Gasteiger partial charge in [0, 0.05) is 7.05 Å². The van der Waals surface area contributed by atoms with Crippen LogP contribution >= 0.6 is 0 Å². The molecule has 0 atom stereocenters. The second-order valence-corrected chi connectivity index (χ2v) is 2.36. The molecule has 8 heteroatoms. The van der Waals surface area contributed by atoms with Gasteiger partial charge in [-0.2, -0.15) is 4.41 Å².